The average Bonchev–Trinajstić information content (AvgIpc) is 3.09. The van der Waals surface area contributed by atoms with E-state index in [1.807, 2.05) is 24.3 Å². The number of nitrogens with one attached hydrogen (secondary N) is 2. The first-order chi connectivity index (χ1) is 8.24. The molecule has 0 spiro atoms. The first-order valence-electron chi connectivity index (χ1n) is 6.39. The highest BCUT2D eigenvalue weighted by Gasteiger charge is 2.36. The molecule has 2 rings (SSSR count). The molecular formula is C14H20N2O. The predicted molar refractivity (Wildman–Crippen MR) is 70.3 cm³/mol. The maximum Gasteiger partial charge on any atom is 0.251 e. The number of carbonyl (C=O) groups excluding carboxylic acids is 1. The van der Waals surface area contributed by atoms with Crippen molar-refractivity contribution in [2.24, 2.45) is 5.92 Å². The lowest BCUT2D eigenvalue weighted by Gasteiger charge is -2.06. The molecule has 0 radical (unpaired) electrons. The van der Waals surface area contributed by atoms with Crippen LogP contribution in [0.3, 0.4) is 0 Å². The standard InChI is InChI=1S/C14H20N2O/c1-3-10-9-13(10)16-14(17)11-5-7-12(8-6-11)15-4-2/h5-8,10,13,15H,3-4,9H2,1-2H3,(H,16,17). The number of benzene rings is 1. The van der Waals surface area contributed by atoms with Crippen LogP contribution in [0.2, 0.25) is 0 Å². The summed E-state index contributed by atoms with van der Waals surface area (Å²) in [5, 5.41) is 6.27. The Morgan fingerprint density at radius 3 is 2.53 bits per heavy atom. The van der Waals surface area contributed by atoms with Gasteiger partial charge in [-0.1, -0.05) is 13.3 Å². The number of anilines is 1. The molecule has 1 amide bonds. The summed E-state index contributed by atoms with van der Waals surface area (Å²) in [7, 11) is 0. The van der Waals surface area contributed by atoms with Crippen molar-refractivity contribution in [2.75, 3.05) is 11.9 Å². The number of hydrogen-bond donors (Lipinski definition) is 2. The van der Waals surface area contributed by atoms with Crippen molar-refractivity contribution in [3.8, 4) is 0 Å². The van der Waals surface area contributed by atoms with E-state index in [-0.39, 0.29) is 5.91 Å². The monoisotopic (exact) mass is 232 g/mol. The molecule has 3 nitrogen and oxygen atoms in total. The molecule has 1 saturated carbocycles. The molecule has 1 aromatic rings. The van der Waals surface area contributed by atoms with Gasteiger partial charge in [0, 0.05) is 23.8 Å². The molecular weight excluding hydrogens is 212 g/mol. The topological polar surface area (TPSA) is 41.1 Å². The maximum absolute atomic E-state index is 11.9. The Labute approximate surface area is 103 Å². The van der Waals surface area contributed by atoms with Gasteiger partial charge in [0.15, 0.2) is 0 Å². The Bertz CT molecular complexity index is 386. The van der Waals surface area contributed by atoms with Gasteiger partial charge in [0.05, 0.1) is 0 Å². The summed E-state index contributed by atoms with van der Waals surface area (Å²) in [5.74, 6) is 0.744. The summed E-state index contributed by atoms with van der Waals surface area (Å²) in [4.78, 5) is 11.9. The first kappa shape index (κ1) is 12.0. The van der Waals surface area contributed by atoms with Crippen molar-refractivity contribution >= 4 is 11.6 Å². The summed E-state index contributed by atoms with van der Waals surface area (Å²) >= 11 is 0. The van der Waals surface area contributed by atoms with E-state index in [1.165, 1.54) is 0 Å². The molecule has 0 saturated heterocycles. The summed E-state index contributed by atoms with van der Waals surface area (Å²) < 4.78 is 0. The zero-order chi connectivity index (χ0) is 12.3. The molecule has 2 atom stereocenters. The molecule has 1 fully saturated rings. The summed E-state index contributed by atoms with van der Waals surface area (Å²) in [6, 6.07) is 8.04. The second-order valence-corrected chi connectivity index (χ2v) is 4.59. The fraction of sp³-hybridized carbons (Fsp3) is 0.500. The van der Waals surface area contributed by atoms with E-state index < -0.39 is 0 Å². The van der Waals surface area contributed by atoms with Crippen LogP contribution in [0.15, 0.2) is 24.3 Å². The normalized spacial score (nSPS) is 22.0. The average molecular weight is 232 g/mol. The van der Waals surface area contributed by atoms with Gasteiger partial charge in [-0.05, 0) is 43.5 Å². The van der Waals surface area contributed by atoms with E-state index >= 15 is 0 Å². The van der Waals surface area contributed by atoms with Crippen LogP contribution < -0.4 is 10.6 Å². The van der Waals surface area contributed by atoms with Crippen molar-refractivity contribution in [3.63, 3.8) is 0 Å². The molecule has 0 bridgehead atoms. The van der Waals surface area contributed by atoms with Crippen LogP contribution in [0.1, 0.15) is 37.0 Å². The minimum Gasteiger partial charge on any atom is -0.385 e. The molecule has 2 unspecified atom stereocenters. The molecule has 92 valence electrons. The maximum atomic E-state index is 11.9. The number of rotatable bonds is 5. The van der Waals surface area contributed by atoms with Crippen molar-refractivity contribution in [2.45, 2.75) is 32.7 Å². The molecule has 17 heavy (non-hydrogen) atoms. The van der Waals surface area contributed by atoms with Gasteiger partial charge in [-0.2, -0.15) is 0 Å². The van der Waals surface area contributed by atoms with Gasteiger partial charge in [-0.15, -0.1) is 0 Å². The Hall–Kier alpha value is -1.51. The van der Waals surface area contributed by atoms with E-state index in [9.17, 15) is 4.79 Å². The van der Waals surface area contributed by atoms with E-state index in [0.717, 1.165) is 30.6 Å². The summed E-state index contributed by atoms with van der Waals surface area (Å²) in [6.07, 6.45) is 2.29. The van der Waals surface area contributed by atoms with Gasteiger partial charge in [-0.3, -0.25) is 4.79 Å². The lowest BCUT2D eigenvalue weighted by atomic mass is 10.2. The van der Waals surface area contributed by atoms with Gasteiger partial charge in [0.1, 0.15) is 0 Å². The molecule has 0 aromatic heterocycles. The van der Waals surface area contributed by atoms with Gasteiger partial charge in [0.25, 0.3) is 5.91 Å². The molecule has 0 heterocycles. The minimum absolute atomic E-state index is 0.0500. The quantitative estimate of drug-likeness (QED) is 0.819. The van der Waals surface area contributed by atoms with Gasteiger partial charge in [-0.25, -0.2) is 0 Å². The third-order valence-corrected chi connectivity index (χ3v) is 3.29. The zero-order valence-corrected chi connectivity index (χ0v) is 10.5. The Morgan fingerprint density at radius 1 is 1.29 bits per heavy atom. The van der Waals surface area contributed by atoms with Gasteiger partial charge >= 0.3 is 0 Å². The summed E-state index contributed by atoms with van der Waals surface area (Å²) in [5.41, 5.74) is 1.80. The minimum atomic E-state index is 0.0500. The third-order valence-electron chi connectivity index (χ3n) is 3.29. The van der Waals surface area contributed by atoms with Crippen LogP contribution in [0.5, 0.6) is 0 Å². The second kappa shape index (κ2) is 5.21. The zero-order valence-electron chi connectivity index (χ0n) is 10.5. The van der Waals surface area contributed by atoms with Crippen molar-refractivity contribution in [3.05, 3.63) is 29.8 Å². The van der Waals surface area contributed by atoms with Gasteiger partial charge in [0.2, 0.25) is 0 Å². The molecule has 1 aliphatic carbocycles. The second-order valence-electron chi connectivity index (χ2n) is 4.59. The first-order valence-corrected chi connectivity index (χ1v) is 6.39. The van der Waals surface area contributed by atoms with E-state index in [4.69, 9.17) is 0 Å². The van der Waals surface area contributed by atoms with Crippen molar-refractivity contribution in [1.82, 2.24) is 5.32 Å². The van der Waals surface area contributed by atoms with Crippen molar-refractivity contribution < 1.29 is 4.79 Å². The van der Waals surface area contributed by atoms with Crippen LogP contribution in [0, 0.1) is 5.92 Å². The van der Waals surface area contributed by atoms with Crippen molar-refractivity contribution in [1.29, 1.82) is 0 Å². The number of amides is 1. The van der Waals surface area contributed by atoms with Crippen LogP contribution >= 0.6 is 0 Å². The Balaban J connectivity index is 1.90. The fourth-order valence-electron chi connectivity index (χ4n) is 2.07. The highest BCUT2D eigenvalue weighted by Crippen LogP contribution is 2.33. The highest BCUT2D eigenvalue weighted by molar-refractivity contribution is 5.94. The van der Waals surface area contributed by atoms with Crippen LogP contribution in [0.4, 0.5) is 5.69 Å². The largest absolute Gasteiger partial charge is 0.385 e. The Kier molecular flexibility index (Phi) is 3.67. The lowest BCUT2D eigenvalue weighted by molar-refractivity contribution is 0.0949. The Morgan fingerprint density at radius 2 is 2.00 bits per heavy atom. The van der Waals surface area contributed by atoms with Crippen LogP contribution in [0.25, 0.3) is 0 Å². The van der Waals surface area contributed by atoms with Crippen LogP contribution in [-0.2, 0) is 0 Å². The van der Waals surface area contributed by atoms with E-state index in [1.54, 1.807) is 0 Å². The molecule has 1 aromatic carbocycles. The molecule has 1 aliphatic rings. The fourth-order valence-corrected chi connectivity index (χ4v) is 2.07. The molecule has 3 heteroatoms. The smallest absolute Gasteiger partial charge is 0.251 e. The third kappa shape index (κ3) is 2.99. The summed E-state index contributed by atoms with van der Waals surface area (Å²) in [6.45, 7) is 5.12. The number of hydrogen-bond acceptors (Lipinski definition) is 2. The van der Waals surface area contributed by atoms with E-state index in [2.05, 4.69) is 24.5 Å². The molecule has 2 N–H and O–H groups in total. The van der Waals surface area contributed by atoms with Crippen LogP contribution in [-0.4, -0.2) is 18.5 Å². The lowest BCUT2D eigenvalue weighted by Crippen LogP contribution is -2.26. The SMILES string of the molecule is CCNc1ccc(C(=O)NC2CC2CC)cc1. The predicted octanol–water partition coefficient (Wildman–Crippen LogP) is 2.65. The van der Waals surface area contributed by atoms with E-state index in [0.29, 0.717) is 12.0 Å². The molecule has 0 aliphatic heterocycles. The number of carbonyl (C=O) groups is 1. The highest BCUT2D eigenvalue weighted by atomic mass is 16.1. The van der Waals surface area contributed by atoms with Gasteiger partial charge < -0.3 is 10.6 Å².